The molecule has 1 aliphatic heterocycles. The monoisotopic (exact) mass is 437 g/mol. The summed E-state index contributed by atoms with van der Waals surface area (Å²) in [5.74, 6) is 0.823. The maximum atomic E-state index is 12.7. The largest absolute Gasteiger partial charge is 0.494 e. The molecule has 168 valence electrons. The molecule has 2 aromatic rings. The maximum Gasteiger partial charge on any atom is 0.326 e. The smallest absolute Gasteiger partial charge is 0.326 e. The molecule has 0 radical (unpaired) electrons. The normalized spacial score (nSPS) is 25.9. The third kappa shape index (κ3) is 4.56. The summed E-state index contributed by atoms with van der Waals surface area (Å²) in [6, 6.07) is 6.12. The summed E-state index contributed by atoms with van der Waals surface area (Å²) in [5.41, 5.74) is 2.12. The number of hydrogen-bond acceptors (Lipinski definition) is 4. The standard InChI is InChI=1S/C23H35N3O3.ClH/c1-4-28-18-8-12-23(3,13-9-18)25-14-10-17(11-15-25)26-21-16-19(29-5-2)6-7-20(21)24-22(26)27;/h6-7,16-18H,4-5,8-15H2,1-3H3,(H,24,27);1H/t18-,23-;. The Hall–Kier alpha value is -1.50. The summed E-state index contributed by atoms with van der Waals surface area (Å²) in [6.07, 6.45) is 7.18. The number of fused-ring (bicyclic) bond motifs is 1. The first-order chi connectivity index (χ1) is 14.0. The number of hydrogen-bond donors (Lipinski definition) is 1. The van der Waals surface area contributed by atoms with Crippen molar-refractivity contribution in [1.82, 2.24) is 14.5 Å². The van der Waals surface area contributed by atoms with E-state index in [0.29, 0.717) is 12.7 Å². The van der Waals surface area contributed by atoms with Gasteiger partial charge in [-0.25, -0.2) is 4.79 Å². The third-order valence-corrected chi connectivity index (χ3v) is 7.01. The van der Waals surface area contributed by atoms with E-state index in [-0.39, 0.29) is 29.7 Å². The third-order valence-electron chi connectivity index (χ3n) is 7.01. The number of rotatable bonds is 6. The van der Waals surface area contributed by atoms with Crippen LogP contribution < -0.4 is 10.4 Å². The van der Waals surface area contributed by atoms with Gasteiger partial charge in [-0.2, -0.15) is 0 Å². The van der Waals surface area contributed by atoms with Gasteiger partial charge in [0.05, 0.1) is 23.7 Å². The Labute approximate surface area is 185 Å². The Bertz CT molecular complexity index is 877. The molecule has 0 amide bonds. The molecule has 0 spiro atoms. The zero-order chi connectivity index (χ0) is 20.4. The molecule has 1 aromatic carbocycles. The molecule has 30 heavy (non-hydrogen) atoms. The molecule has 0 bridgehead atoms. The lowest BCUT2D eigenvalue weighted by Gasteiger charge is -2.48. The van der Waals surface area contributed by atoms with E-state index in [2.05, 4.69) is 23.7 Å². The van der Waals surface area contributed by atoms with E-state index in [1.54, 1.807) is 0 Å². The second-order valence-electron chi connectivity index (χ2n) is 8.78. The number of aromatic nitrogens is 2. The first kappa shape index (κ1) is 23.2. The summed E-state index contributed by atoms with van der Waals surface area (Å²) in [6.45, 7) is 10.0. The number of H-pyrrole nitrogens is 1. The predicted octanol–water partition coefficient (Wildman–Crippen LogP) is 4.52. The summed E-state index contributed by atoms with van der Waals surface area (Å²) in [5, 5.41) is 0. The Morgan fingerprint density at radius 1 is 1.10 bits per heavy atom. The predicted molar refractivity (Wildman–Crippen MR) is 123 cm³/mol. The average Bonchev–Trinajstić information content (AvgIpc) is 3.05. The summed E-state index contributed by atoms with van der Waals surface area (Å²) < 4.78 is 13.5. The van der Waals surface area contributed by atoms with Crippen LogP contribution in [0.1, 0.15) is 65.3 Å². The Kier molecular flexibility index (Phi) is 7.53. The van der Waals surface area contributed by atoms with Gasteiger partial charge in [-0.05, 0) is 71.4 Å². The second kappa shape index (κ2) is 9.75. The molecule has 4 rings (SSSR count). The number of imidazole rings is 1. The molecule has 1 saturated carbocycles. The van der Waals surface area contributed by atoms with Gasteiger partial charge in [-0.1, -0.05) is 0 Å². The van der Waals surface area contributed by atoms with Gasteiger partial charge in [0.2, 0.25) is 0 Å². The Balaban J connectivity index is 0.00000256. The number of nitrogens with zero attached hydrogens (tertiary/aromatic N) is 2. The maximum absolute atomic E-state index is 12.7. The van der Waals surface area contributed by atoms with Crippen LogP contribution in [0.15, 0.2) is 23.0 Å². The van der Waals surface area contributed by atoms with Crippen LogP contribution >= 0.6 is 12.4 Å². The highest BCUT2D eigenvalue weighted by Crippen LogP contribution is 2.38. The van der Waals surface area contributed by atoms with Gasteiger partial charge >= 0.3 is 5.69 Å². The zero-order valence-electron chi connectivity index (χ0n) is 18.5. The summed E-state index contributed by atoms with van der Waals surface area (Å²) in [4.78, 5) is 18.4. The molecule has 2 aliphatic rings. The summed E-state index contributed by atoms with van der Waals surface area (Å²) >= 11 is 0. The van der Waals surface area contributed by atoms with E-state index < -0.39 is 0 Å². The highest BCUT2D eigenvalue weighted by Gasteiger charge is 2.38. The van der Waals surface area contributed by atoms with Crippen molar-refractivity contribution in [2.24, 2.45) is 0 Å². The fourth-order valence-corrected chi connectivity index (χ4v) is 5.32. The van der Waals surface area contributed by atoms with E-state index >= 15 is 0 Å². The van der Waals surface area contributed by atoms with Crippen molar-refractivity contribution < 1.29 is 9.47 Å². The minimum absolute atomic E-state index is 0. The lowest BCUT2D eigenvalue weighted by atomic mass is 9.79. The van der Waals surface area contributed by atoms with Gasteiger partial charge in [-0.15, -0.1) is 12.4 Å². The van der Waals surface area contributed by atoms with Gasteiger partial charge in [0.1, 0.15) is 5.75 Å². The fraction of sp³-hybridized carbons (Fsp3) is 0.696. The van der Waals surface area contributed by atoms with Gasteiger partial charge in [0.25, 0.3) is 0 Å². The van der Waals surface area contributed by atoms with Crippen molar-refractivity contribution >= 4 is 23.4 Å². The van der Waals surface area contributed by atoms with E-state index in [9.17, 15) is 4.79 Å². The first-order valence-electron chi connectivity index (χ1n) is 11.3. The van der Waals surface area contributed by atoms with Crippen molar-refractivity contribution in [3.8, 4) is 5.75 Å². The summed E-state index contributed by atoms with van der Waals surface area (Å²) in [7, 11) is 0. The van der Waals surface area contributed by atoms with E-state index in [0.717, 1.165) is 62.2 Å². The van der Waals surface area contributed by atoms with Gasteiger partial charge in [0.15, 0.2) is 0 Å². The number of piperidine rings is 1. The quantitative estimate of drug-likeness (QED) is 0.721. The van der Waals surface area contributed by atoms with Crippen LogP contribution in [0.3, 0.4) is 0 Å². The molecule has 0 atom stereocenters. The highest BCUT2D eigenvalue weighted by molar-refractivity contribution is 5.85. The topological polar surface area (TPSA) is 59.5 Å². The van der Waals surface area contributed by atoms with Crippen LogP contribution in [0, 0.1) is 0 Å². The Morgan fingerprint density at radius 3 is 2.43 bits per heavy atom. The van der Waals surface area contributed by atoms with Crippen LogP contribution in [0.4, 0.5) is 0 Å². The van der Waals surface area contributed by atoms with Crippen LogP contribution in [0.2, 0.25) is 0 Å². The molecule has 1 saturated heterocycles. The molecular weight excluding hydrogens is 402 g/mol. The SMILES string of the molecule is CCOc1ccc2[nH]c(=O)n(C3CCN([C@]4(C)CC[C@@H](OCC)CC4)CC3)c2c1.Cl. The molecule has 1 N–H and O–H groups in total. The molecule has 1 aliphatic carbocycles. The number of ether oxygens (including phenoxy) is 2. The minimum atomic E-state index is -0.00414. The molecule has 2 fully saturated rings. The van der Waals surface area contributed by atoms with Crippen LogP contribution in [-0.2, 0) is 4.74 Å². The molecule has 0 unspecified atom stereocenters. The fourth-order valence-electron chi connectivity index (χ4n) is 5.32. The molecule has 1 aromatic heterocycles. The van der Waals surface area contributed by atoms with Gasteiger partial charge < -0.3 is 14.5 Å². The molecule has 2 heterocycles. The van der Waals surface area contributed by atoms with Crippen molar-refractivity contribution in [3.63, 3.8) is 0 Å². The molecular formula is C23H36ClN3O3. The second-order valence-corrected chi connectivity index (χ2v) is 8.78. The number of halogens is 1. The minimum Gasteiger partial charge on any atom is -0.494 e. The van der Waals surface area contributed by atoms with Gasteiger partial charge in [-0.3, -0.25) is 9.47 Å². The highest BCUT2D eigenvalue weighted by atomic mass is 35.5. The average molecular weight is 438 g/mol. The van der Waals surface area contributed by atoms with E-state index in [1.165, 1.54) is 12.8 Å². The lowest BCUT2D eigenvalue weighted by Crippen LogP contribution is -2.53. The van der Waals surface area contributed by atoms with Gasteiger partial charge in [0, 0.05) is 37.3 Å². The number of likely N-dealkylation sites (tertiary alicyclic amines) is 1. The lowest BCUT2D eigenvalue weighted by molar-refractivity contribution is -0.0273. The van der Waals surface area contributed by atoms with Crippen molar-refractivity contribution in [3.05, 3.63) is 28.7 Å². The first-order valence-corrected chi connectivity index (χ1v) is 11.3. The number of nitrogens with one attached hydrogen (secondary N) is 1. The van der Waals surface area contributed by atoms with Crippen LogP contribution in [0.25, 0.3) is 11.0 Å². The van der Waals surface area contributed by atoms with E-state index in [1.807, 2.05) is 29.7 Å². The van der Waals surface area contributed by atoms with Crippen molar-refractivity contribution in [2.75, 3.05) is 26.3 Å². The van der Waals surface area contributed by atoms with Crippen LogP contribution in [-0.4, -0.2) is 52.4 Å². The van der Waals surface area contributed by atoms with E-state index in [4.69, 9.17) is 9.47 Å². The van der Waals surface area contributed by atoms with Crippen molar-refractivity contribution in [2.45, 2.75) is 77.0 Å². The molecule has 6 nitrogen and oxygen atoms in total. The molecule has 7 heteroatoms. The zero-order valence-corrected chi connectivity index (χ0v) is 19.3. The van der Waals surface area contributed by atoms with Crippen LogP contribution in [0.5, 0.6) is 5.75 Å². The number of benzene rings is 1. The van der Waals surface area contributed by atoms with Crippen molar-refractivity contribution in [1.29, 1.82) is 0 Å². The Morgan fingerprint density at radius 2 is 1.80 bits per heavy atom. The number of aromatic amines is 1.